The Hall–Kier alpha value is -7.37. The van der Waals surface area contributed by atoms with Crippen molar-refractivity contribution in [3.05, 3.63) is 217 Å². The average Bonchev–Trinajstić information content (AvgIpc) is 3.93. The molecule has 2 aromatic heterocycles. The zero-order valence-electron chi connectivity index (χ0n) is 39.4. The Labute approximate surface area is 390 Å². The van der Waals surface area contributed by atoms with E-state index in [0.717, 1.165) is 45.1 Å². The highest BCUT2D eigenvalue weighted by atomic mass is 16.5. The molecule has 328 valence electrons. The molecule has 0 amide bonds. The van der Waals surface area contributed by atoms with Crippen LogP contribution >= 0.6 is 0 Å². The highest BCUT2D eigenvalue weighted by molar-refractivity contribution is 6.10. The summed E-state index contributed by atoms with van der Waals surface area (Å²) in [5.74, 6) is 2.43. The molecule has 0 radical (unpaired) electrons. The summed E-state index contributed by atoms with van der Waals surface area (Å²) in [5, 5.41) is 2.32. The molecule has 0 fully saturated rings. The van der Waals surface area contributed by atoms with E-state index < -0.39 is 0 Å². The van der Waals surface area contributed by atoms with Gasteiger partial charge in [-0.25, -0.2) is 4.98 Å². The van der Waals surface area contributed by atoms with Crippen LogP contribution in [0.1, 0.15) is 72.1 Å². The topological polar surface area (TPSA) is 33.5 Å². The standard InChI is InChI=1S/C61H58N4O/c1-59(2,3)47-31-32-62-58(37-47)65-55-30-27-44(42-19-12-9-13-20-42)35-54(55)53-29-28-52(39-56(53)65)66-51-26-18-25-49(38-51)64-41-63(40-57(64)60(4,5)6)50-34-45(43-21-14-10-15-22-43)33-48(36-50)61(7,8)46-23-16-11-17-24-46/h9-40H,41H2,1-8H3. The second kappa shape index (κ2) is 16.6. The number of fused-ring (bicyclic) bond motifs is 3. The molecular formula is C61H58N4O. The van der Waals surface area contributed by atoms with Gasteiger partial charge in [0.25, 0.3) is 0 Å². The molecule has 0 saturated carbocycles. The first kappa shape index (κ1) is 42.6. The van der Waals surface area contributed by atoms with Crippen molar-refractivity contribution in [3.8, 4) is 39.6 Å². The number of benzene rings is 7. The molecule has 10 rings (SSSR count). The van der Waals surface area contributed by atoms with E-state index >= 15 is 0 Å². The predicted molar refractivity (Wildman–Crippen MR) is 277 cm³/mol. The van der Waals surface area contributed by atoms with Gasteiger partial charge in [0.2, 0.25) is 0 Å². The van der Waals surface area contributed by atoms with E-state index in [2.05, 4.69) is 258 Å². The van der Waals surface area contributed by atoms with Crippen LogP contribution < -0.4 is 14.5 Å². The van der Waals surface area contributed by atoms with E-state index in [4.69, 9.17) is 9.72 Å². The normalized spacial score (nSPS) is 13.4. The second-order valence-electron chi connectivity index (χ2n) is 20.3. The van der Waals surface area contributed by atoms with Crippen LogP contribution in [0.4, 0.5) is 11.4 Å². The third-order valence-electron chi connectivity index (χ3n) is 13.3. The highest BCUT2D eigenvalue weighted by Gasteiger charge is 2.33. The SMILES string of the molecule is CC(C)(C)C1=CN(c2cc(-c3ccccc3)cc(C(C)(C)c3ccccc3)c2)CN1c1cccc(Oc2ccc3c4cc(-c5ccccc5)ccc4n(-c4cc(C(C)(C)C)ccn4)c3c2)c1. The number of rotatable bonds is 9. The lowest BCUT2D eigenvalue weighted by molar-refractivity contribution is 0.481. The molecule has 3 heterocycles. The summed E-state index contributed by atoms with van der Waals surface area (Å²) in [4.78, 5) is 9.80. The molecule has 0 spiro atoms. The zero-order valence-corrected chi connectivity index (χ0v) is 39.4. The molecule has 1 aliphatic heterocycles. The minimum Gasteiger partial charge on any atom is -0.457 e. The third kappa shape index (κ3) is 8.15. The maximum Gasteiger partial charge on any atom is 0.137 e. The summed E-state index contributed by atoms with van der Waals surface area (Å²) in [7, 11) is 0. The van der Waals surface area contributed by atoms with Crippen molar-refractivity contribution >= 4 is 33.2 Å². The molecule has 1 aliphatic rings. The van der Waals surface area contributed by atoms with Crippen molar-refractivity contribution in [3.63, 3.8) is 0 Å². The van der Waals surface area contributed by atoms with Gasteiger partial charge in [0.1, 0.15) is 17.3 Å². The first-order valence-electron chi connectivity index (χ1n) is 23.1. The molecular weight excluding hydrogens is 805 g/mol. The number of hydrogen-bond acceptors (Lipinski definition) is 4. The number of anilines is 2. The minimum atomic E-state index is -0.210. The van der Waals surface area contributed by atoms with Gasteiger partial charge < -0.3 is 14.5 Å². The van der Waals surface area contributed by atoms with E-state index in [0.29, 0.717) is 6.67 Å². The fourth-order valence-electron chi connectivity index (χ4n) is 9.40. The van der Waals surface area contributed by atoms with Gasteiger partial charge >= 0.3 is 0 Å². The van der Waals surface area contributed by atoms with E-state index in [1.165, 1.54) is 50.0 Å². The molecule has 0 aliphatic carbocycles. The van der Waals surface area contributed by atoms with E-state index in [1.807, 2.05) is 6.20 Å². The van der Waals surface area contributed by atoms with Crippen LogP contribution in [0.3, 0.4) is 0 Å². The summed E-state index contributed by atoms with van der Waals surface area (Å²) in [6.07, 6.45) is 4.28. The molecule has 0 unspecified atom stereocenters. The maximum absolute atomic E-state index is 6.84. The fraction of sp³-hybridized carbons (Fsp3) is 0.197. The molecule has 0 saturated heterocycles. The van der Waals surface area contributed by atoms with Crippen molar-refractivity contribution < 1.29 is 4.74 Å². The third-order valence-corrected chi connectivity index (χ3v) is 13.3. The van der Waals surface area contributed by atoms with Crippen LogP contribution in [0, 0.1) is 5.41 Å². The molecule has 66 heavy (non-hydrogen) atoms. The monoisotopic (exact) mass is 862 g/mol. The summed E-state index contributed by atoms with van der Waals surface area (Å²) in [6.45, 7) is 18.9. The number of ether oxygens (including phenoxy) is 1. The van der Waals surface area contributed by atoms with Crippen LogP contribution in [-0.2, 0) is 10.8 Å². The molecule has 7 aromatic carbocycles. The molecule has 5 heteroatoms. The largest absolute Gasteiger partial charge is 0.457 e. The smallest absolute Gasteiger partial charge is 0.137 e. The average molecular weight is 863 g/mol. The minimum absolute atomic E-state index is 0.0287. The molecule has 9 aromatic rings. The quantitative estimate of drug-likeness (QED) is 0.145. The Kier molecular flexibility index (Phi) is 10.7. The second-order valence-corrected chi connectivity index (χ2v) is 20.3. The lowest BCUT2D eigenvalue weighted by atomic mass is 9.77. The van der Waals surface area contributed by atoms with Crippen LogP contribution in [0.25, 0.3) is 49.9 Å². The summed E-state index contributed by atoms with van der Waals surface area (Å²) < 4.78 is 9.13. The van der Waals surface area contributed by atoms with Gasteiger partial charge in [0, 0.05) is 63.2 Å². The van der Waals surface area contributed by atoms with Gasteiger partial charge in [-0.15, -0.1) is 0 Å². The van der Waals surface area contributed by atoms with Crippen LogP contribution in [0.5, 0.6) is 11.5 Å². The molecule has 0 N–H and O–H groups in total. The maximum atomic E-state index is 6.84. The molecule has 0 atom stereocenters. The Bertz CT molecular complexity index is 3240. The predicted octanol–water partition coefficient (Wildman–Crippen LogP) is 16.1. The summed E-state index contributed by atoms with van der Waals surface area (Å²) >= 11 is 0. The number of pyridine rings is 1. The van der Waals surface area contributed by atoms with Gasteiger partial charge in [0.05, 0.1) is 17.7 Å². The van der Waals surface area contributed by atoms with Crippen molar-refractivity contribution in [2.24, 2.45) is 5.41 Å². The molecule has 5 nitrogen and oxygen atoms in total. The Morgan fingerprint density at radius 3 is 1.83 bits per heavy atom. The first-order valence-corrected chi connectivity index (χ1v) is 23.1. The molecule has 0 bridgehead atoms. The summed E-state index contributed by atoms with van der Waals surface area (Å²) in [6, 6.07) is 65.4. The fourth-order valence-corrected chi connectivity index (χ4v) is 9.40. The van der Waals surface area contributed by atoms with E-state index in [-0.39, 0.29) is 16.2 Å². The van der Waals surface area contributed by atoms with E-state index in [1.54, 1.807) is 0 Å². The summed E-state index contributed by atoms with van der Waals surface area (Å²) in [5.41, 5.74) is 13.8. The zero-order chi connectivity index (χ0) is 45.8. The van der Waals surface area contributed by atoms with Gasteiger partial charge in [-0.1, -0.05) is 165 Å². The number of hydrogen-bond donors (Lipinski definition) is 0. The Balaban J connectivity index is 1.02. The van der Waals surface area contributed by atoms with Crippen LogP contribution in [0.2, 0.25) is 0 Å². The number of nitrogens with zero attached hydrogens (tertiary/aromatic N) is 4. The van der Waals surface area contributed by atoms with Gasteiger partial charge in [-0.2, -0.15) is 0 Å². The number of aromatic nitrogens is 2. The Morgan fingerprint density at radius 2 is 1.14 bits per heavy atom. The number of allylic oxidation sites excluding steroid dienone is 1. The first-order chi connectivity index (χ1) is 31.7. The van der Waals surface area contributed by atoms with Gasteiger partial charge in [-0.3, -0.25) is 4.57 Å². The van der Waals surface area contributed by atoms with Gasteiger partial charge in [-0.05, 0) is 105 Å². The van der Waals surface area contributed by atoms with Crippen molar-refractivity contribution in [2.45, 2.75) is 66.2 Å². The van der Waals surface area contributed by atoms with Crippen molar-refractivity contribution in [1.29, 1.82) is 0 Å². The lowest BCUT2D eigenvalue weighted by Gasteiger charge is -2.31. The van der Waals surface area contributed by atoms with Gasteiger partial charge in [0.15, 0.2) is 0 Å². The van der Waals surface area contributed by atoms with Crippen LogP contribution in [0.15, 0.2) is 200 Å². The van der Waals surface area contributed by atoms with E-state index in [9.17, 15) is 0 Å². The lowest BCUT2D eigenvalue weighted by Crippen LogP contribution is -2.30. The van der Waals surface area contributed by atoms with Crippen molar-refractivity contribution in [1.82, 2.24) is 9.55 Å². The Morgan fingerprint density at radius 1 is 0.455 bits per heavy atom. The van der Waals surface area contributed by atoms with Crippen molar-refractivity contribution in [2.75, 3.05) is 16.5 Å². The highest BCUT2D eigenvalue weighted by Crippen LogP contribution is 2.43. The van der Waals surface area contributed by atoms with Crippen LogP contribution in [-0.4, -0.2) is 16.2 Å².